The number of hydrogen-bond donors (Lipinski definition) is 3. The molecule has 0 amide bonds. The molecule has 160 valence electrons. The van der Waals surface area contributed by atoms with Crippen LogP contribution in [0.1, 0.15) is 0 Å². The highest BCUT2D eigenvalue weighted by molar-refractivity contribution is 6.32. The van der Waals surface area contributed by atoms with Crippen LogP contribution in [0.25, 0.3) is 16.7 Å². The monoisotopic (exact) mass is 447 g/mol. The van der Waals surface area contributed by atoms with Gasteiger partial charge in [0.15, 0.2) is 17.4 Å². The molecule has 4 aromatic rings. The van der Waals surface area contributed by atoms with Gasteiger partial charge in [-0.1, -0.05) is 23.7 Å². The molecule has 0 unspecified atom stereocenters. The number of aliphatic hydroxyl groups excluding tert-OH is 2. The highest BCUT2D eigenvalue weighted by atomic mass is 35.5. The number of nitrogens with one attached hydrogen (secondary N) is 1. The van der Waals surface area contributed by atoms with E-state index in [1.54, 1.807) is 24.3 Å². The zero-order chi connectivity index (χ0) is 22.0. The Morgan fingerprint density at radius 2 is 1.97 bits per heavy atom. The number of nitrogens with zero attached hydrogens (tertiary/aromatic N) is 4. The topological polar surface area (TPSA) is 105 Å². The number of para-hydroxylation sites is 1. The number of ether oxygens (including phenoxy) is 1. The van der Waals surface area contributed by atoms with E-state index in [1.165, 1.54) is 10.9 Å². The van der Waals surface area contributed by atoms with Crippen LogP contribution in [0.3, 0.4) is 0 Å². The van der Waals surface area contributed by atoms with Crippen molar-refractivity contribution in [1.82, 2.24) is 19.7 Å². The Balaban J connectivity index is 1.80. The molecular formula is C20H16ClF2N5O3. The van der Waals surface area contributed by atoms with E-state index >= 15 is 0 Å². The van der Waals surface area contributed by atoms with E-state index in [1.807, 2.05) is 0 Å². The van der Waals surface area contributed by atoms with Gasteiger partial charge in [0.2, 0.25) is 0 Å². The minimum atomic E-state index is -1.05. The van der Waals surface area contributed by atoms with Crippen LogP contribution in [0.2, 0.25) is 5.02 Å². The summed E-state index contributed by atoms with van der Waals surface area (Å²) in [6.07, 6.45) is 0.391. The van der Waals surface area contributed by atoms with Gasteiger partial charge in [0.25, 0.3) is 0 Å². The molecule has 0 saturated carbocycles. The molecule has 0 aliphatic rings. The third-order valence-electron chi connectivity index (χ3n) is 4.29. The van der Waals surface area contributed by atoms with Crippen LogP contribution in [0.5, 0.6) is 11.8 Å². The number of rotatable bonds is 7. The number of hydrogen-bond acceptors (Lipinski definition) is 7. The lowest BCUT2D eigenvalue weighted by Crippen LogP contribution is -2.23. The summed E-state index contributed by atoms with van der Waals surface area (Å²) in [5, 5.41) is 26.5. The van der Waals surface area contributed by atoms with Crippen LogP contribution in [0.4, 0.5) is 14.6 Å². The molecule has 0 aliphatic carbocycles. The predicted molar refractivity (Wildman–Crippen MR) is 110 cm³/mol. The normalized spacial score (nSPS) is 12.2. The van der Waals surface area contributed by atoms with Crippen molar-refractivity contribution < 1.29 is 23.7 Å². The van der Waals surface area contributed by atoms with Gasteiger partial charge in [0, 0.05) is 12.6 Å². The lowest BCUT2D eigenvalue weighted by Gasteiger charge is -2.14. The molecule has 11 heteroatoms. The highest BCUT2D eigenvalue weighted by Gasteiger charge is 2.18. The first-order valence-corrected chi connectivity index (χ1v) is 9.50. The maximum atomic E-state index is 14.0. The van der Waals surface area contributed by atoms with E-state index in [0.29, 0.717) is 27.8 Å². The van der Waals surface area contributed by atoms with Gasteiger partial charge in [-0.15, -0.1) is 0 Å². The first-order chi connectivity index (χ1) is 15.0. The molecular weight excluding hydrogens is 432 g/mol. The molecule has 0 fully saturated rings. The van der Waals surface area contributed by atoms with Crippen molar-refractivity contribution in [3.8, 4) is 17.4 Å². The molecule has 4 rings (SSSR count). The van der Waals surface area contributed by atoms with Gasteiger partial charge in [-0.3, -0.25) is 0 Å². The maximum absolute atomic E-state index is 14.0. The molecule has 2 heterocycles. The van der Waals surface area contributed by atoms with Gasteiger partial charge in [-0.25, -0.2) is 13.5 Å². The Hall–Kier alpha value is -3.34. The highest BCUT2D eigenvalue weighted by Crippen LogP contribution is 2.30. The summed E-state index contributed by atoms with van der Waals surface area (Å²) in [4.78, 5) is 8.50. The van der Waals surface area contributed by atoms with Crippen molar-refractivity contribution in [2.24, 2.45) is 0 Å². The summed E-state index contributed by atoms with van der Waals surface area (Å²) in [5.41, 5.74) is 1.32. The van der Waals surface area contributed by atoms with Crippen molar-refractivity contribution in [1.29, 1.82) is 0 Å². The number of fused-ring (bicyclic) bond motifs is 1. The standard InChI is InChI=1S/C20H16ClF2N5O3/c21-13-3-1-2-4-16(13)28-18-15(9-25-28)26-20(27-19(18)24-8-12(30)10-29)31-17-6-5-11(22)7-14(17)23/h1-7,9,12,29-30H,8,10H2,(H,24,26,27)/t12-/m0/s1. The average molecular weight is 448 g/mol. The molecule has 2 aromatic carbocycles. The van der Waals surface area contributed by atoms with Crippen molar-refractivity contribution in [2.45, 2.75) is 6.10 Å². The molecule has 2 aromatic heterocycles. The average Bonchev–Trinajstić information content (AvgIpc) is 3.18. The second kappa shape index (κ2) is 8.80. The zero-order valence-electron chi connectivity index (χ0n) is 15.8. The van der Waals surface area contributed by atoms with Gasteiger partial charge in [-0.05, 0) is 24.3 Å². The van der Waals surface area contributed by atoms with Crippen LogP contribution in [0.15, 0.2) is 48.7 Å². The molecule has 0 aliphatic heterocycles. The molecule has 0 bridgehead atoms. The Labute approximate surface area is 179 Å². The molecule has 3 N–H and O–H groups in total. The molecule has 0 saturated heterocycles. The summed E-state index contributed by atoms with van der Waals surface area (Å²) in [6.45, 7) is -0.504. The van der Waals surface area contributed by atoms with Gasteiger partial charge >= 0.3 is 6.01 Å². The third kappa shape index (κ3) is 4.41. The number of halogens is 3. The van der Waals surface area contributed by atoms with Gasteiger partial charge in [0.1, 0.15) is 16.9 Å². The van der Waals surface area contributed by atoms with E-state index in [0.717, 1.165) is 12.1 Å². The van der Waals surface area contributed by atoms with Gasteiger partial charge < -0.3 is 20.3 Å². The fourth-order valence-electron chi connectivity index (χ4n) is 2.83. The van der Waals surface area contributed by atoms with Gasteiger partial charge in [-0.2, -0.15) is 15.1 Å². The Morgan fingerprint density at radius 3 is 2.71 bits per heavy atom. The zero-order valence-corrected chi connectivity index (χ0v) is 16.6. The first kappa shape index (κ1) is 20.9. The minimum Gasteiger partial charge on any atom is -0.421 e. The van der Waals surface area contributed by atoms with Crippen LogP contribution in [0, 0.1) is 11.6 Å². The van der Waals surface area contributed by atoms with Crippen molar-refractivity contribution >= 4 is 28.5 Å². The van der Waals surface area contributed by atoms with E-state index in [2.05, 4.69) is 20.4 Å². The first-order valence-electron chi connectivity index (χ1n) is 9.12. The lowest BCUT2D eigenvalue weighted by molar-refractivity contribution is 0.105. The summed E-state index contributed by atoms with van der Waals surface area (Å²) in [7, 11) is 0. The fraction of sp³-hybridized carbons (Fsp3) is 0.150. The largest absolute Gasteiger partial charge is 0.421 e. The SMILES string of the molecule is OC[C@@H](O)CNc1nc(Oc2ccc(F)cc2F)nc2cnn(-c3ccccc3Cl)c12. The summed E-state index contributed by atoms with van der Waals surface area (Å²) in [6, 6.07) is 9.62. The Bertz CT molecular complexity index is 1240. The minimum absolute atomic E-state index is 0.0410. The number of aromatic nitrogens is 4. The fourth-order valence-corrected chi connectivity index (χ4v) is 3.05. The molecule has 31 heavy (non-hydrogen) atoms. The summed E-state index contributed by atoms with van der Waals surface area (Å²) < 4.78 is 34.1. The maximum Gasteiger partial charge on any atom is 0.324 e. The lowest BCUT2D eigenvalue weighted by atomic mass is 10.3. The summed E-state index contributed by atoms with van der Waals surface area (Å²) in [5.74, 6) is -1.73. The van der Waals surface area contributed by atoms with E-state index in [-0.39, 0.29) is 24.1 Å². The second-order valence-corrected chi connectivity index (χ2v) is 6.90. The number of aliphatic hydroxyl groups is 2. The smallest absolute Gasteiger partial charge is 0.324 e. The van der Waals surface area contributed by atoms with E-state index in [4.69, 9.17) is 21.4 Å². The van der Waals surface area contributed by atoms with Crippen molar-refractivity contribution in [2.75, 3.05) is 18.5 Å². The van der Waals surface area contributed by atoms with Crippen molar-refractivity contribution in [3.05, 3.63) is 65.3 Å². The molecule has 1 atom stereocenters. The molecule has 8 nitrogen and oxygen atoms in total. The van der Waals surface area contributed by atoms with Crippen LogP contribution in [-0.2, 0) is 0 Å². The summed E-state index contributed by atoms with van der Waals surface area (Å²) >= 11 is 6.30. The van der Waals surface area contributed by atoms with Crippen LogP contribution in [-0.4, -0.2) is 49.2 Å². The number of anilines is 1. The second-order valence-electron chi connectivity index (χ2n) is 6.49. The molecule has 0 spiro atoms. The van der Waals surface area contributed by atoms with Crippen LogP contribution >= 0.6 is 11.6 Å². The quantitative estimate of drug-likeness (QED) is 0.399. The van der Waals surface area contributed by atoms with Gasteiger partial charge in [0.05, 0.1) is 29.6 Å². The predicted octanol–water partition coefficient (Wildman–Crippen LogP) is 3.30. The van der Waals surface area contributed by atoms with Crippen LogP contribution < -0.4 is 10.1 Å². The number of benzene rings is 2. The Kier molecular flexibility index (Phi) is 5.94. The molecule has 0 radical (unpaired) electrons. The Morgan fingerprint density at radius 1 is 1.16 bits per heavy atom. The van der Waals surface area contributed by atoms with Crippen molar-refractivity contribution in [3.63, 3.8) is 0 Å². The van der Waals surface area contributed by atoms with E-state index < -0.39 is 24.3 Å². The third-order valence-corrected chi connectivity index (χ3v) is 4.61. The van der Waals surface area contributed by atoms with E-state index in [9.17, 15) is 13.9 Å².